The quantitative estimate of drug-likeness (QED) is 0.742. The number of hydrogen-bond donors (Lipinski definition) is 1. The van der Waals surface area contributed by atoms with Crippen molar-refractivity contribution in [2.24, 2.45) is 0 Å². The summed E-state index contributed by atoms with van der Waals surface area (Å²) in [6.45, 7) is 8.46. The highest BCUT2D eigenvalue weighted by Gasteiger charge is 2.09. The lowest BCUT2D eigenvalue weighted by atomic mass is 10.1. The van der Waals surface area contributed by atoms with E-state index in [0.717, 1.165) is 13.1 Å². The number of rotatable bonds is 4. The third-order valence-electron chi connectivity index (χ3n) is 3.57. The molecule has 3 heteroatoms. The van der Waals surface area contributed by atoms with Gasteiger partial charge in [0.2, 0.25) is 0 Å². The van der Waals surface area contributed by atoms with E-state index in [0.29, 0.717) is 0 Å². The van der Waals surface area contributed by atoms with E-state index in [2.05, 4.69) is 78.6 Å². The third kappa shape index (κ3) is 3.55. The van der Waals surface area contributed by atoms with Gasteiger partial charge in [0.25, 0.3) is 0 Å². The maximum atomic E-state index is 3.55. The molecule has 0 amide bonds. The van der Waals surface area contributed by atoms with E-state index in [1.54, 1.807) is 0 Å². The van der Waals surface area contributed by atoms with Gasteiger partial charge in [-0.3, -0.25) is 0 Å². The fourth-order valence-corrected chi connectivity index (χ4v) is 3.12. The normalized spacial score (nSPS) is 12.1. The maximum absolute atomic E-state index is 3.55. The van der Waals surface area contributed by atoms with Gasteiger partial charge in [0.1, 0.15) is 0 Å². The molecule has 1 N–H and O–H groups in total. The zero-order chi connectivity index (χ0) is 14.9. The van der Waals surface area contributed by atoms with E-state index >= 15 is 0 Å². The maximum Gasteiger partial charge on any atom is 0.0569 e. The van der Waals surface area contributed by atoms with E-state index in [9.17, 15) is 0 Å². The van der Waals surface area contributed by atoms with Crippen molar-refractivity contribution in [3.63, 3.8) is 0 Å². The number of aromatic nitrogens is 1. The van der Waals surface area contributed by atoms with Crippen molar-refractivity contribution in [3.8, 4) is 0 Å². The highest BCUT2D eigenvalue weighted by molar-refractivity contribution is 7.09. The Bertz CT molecular complexity index is 717. The molecule has 0 saturated carbocycles. The van der Waals surface area contributed by atoms with E-state index in [1.807, 2.05) is 11.3 Å². The van der Waals surface area contributed by atoms with Crippen molar-refractivity contribution in [1.29, 1.82) is 0 Å². The molecule has 0 saturated heterocycles. The first-order chi connectivity index (χ1) is 10.0. The predicted octanol–water partition coefficient (Wildman–Crippen LogP) is 4.64. The molecule has 0 spiro atoms. The summed E-state index contributed by atoms with van der Waals surface area (Å²) in [6, 6.07) is 13.3. The topological polar surface area (TPSA) is 17.0 Å². The molecule has 21 heavy (non-hydrogen) atoms. The largest absolute Gasteiger partial charge is 0.342 e. The molecule has 1 aromatic carbocycles. The Morgan fingerprint density at radius 3 is 2.71 bits per heavy atom. The van der Waals surface area contributed by atoms with Gasteiger partial charge in [-0.1, -0.05) is 18.2 Å². The Kier molecular flexibility index (Phi) is 3.87. The number of hydrogen-bond acceptors (Lipinski definition) is 2. The van der Waals surface area contributed by atoms with Crippen molar-refractivity contribution in [2.45, 2.75) is 39.4 Å². The minimum atomic E-state index is 0.147. The standard InChI is InChI=1S/C18H22N2S/c1-18(2,3)19-12-14-6-7-15-8-9-20(17(15)11-14)13-16-5-4-10-21-16/h4-11,19H,12-13H2,1-3H3. The highest BCUT2D eigenvalue weighted by Crippen LogP contribution is 2.21. The average molecular weight is 298 g/mol. The first kappa shape index (κ1) is 14.4. The van der Waals surface area contributed by atoms with Crippen LogP contribution in [0, 0.1) is 0 Å². The minimum absolute atomic E-state index is 0.147. The van der Waals surface area contributed by atoms with Gasteiger partial charge in [-0.15, -0.1) is 11.3 Å². The van der Waals surface area contributed by atoms with E-state index in [-0.39, 0.29) is 5.54 Å². The number of nitrogens with zero attached hydrogens (tertiary/aromatic N) is 1. The second-order valence-corrected chi connectivity index (χ2v) is 7.55. The van der Waals surface area contributed by atoms with Crippen LogP contribution in [0.25, 0.3) is 10.9 Å². The summed E-state index contributed by atoms with van der Waals surface area (Å²) in [5.41, 5.74) is 2.80. The Hall–Kier alpha value is -1.58. The molecule has 3 rings (SSSR count). The van der Waals surface area contributed by atoms with Crippen molar-refractivity contribution in [2.75, 3.05) is 0 Å². The van der Waals surface area contributed by atoms with Gasteiger partial charge < -0.3 is 9.88 Å². The van der Waals surface area contributed by atoms with Crippen LogP contribution in [0.15, 0.2) is 48.0 Å². The molecule has 0 aliphatic heterocycles. The van der Waals surface area contributed by atoms with Gasteiger partial charge >= 0.3 is 0 Å². The predicted molar refractivity (Wildman–Crippen MR) is 92.0 cm³/mol. The van der Waals surface area contributed by atoms with Crippen LogP contribution in [0.5, 0.6) is 0 Å². The Morgan fingerprint density at radius 2 is 2.00 bits per heavy atom. The molecule has 0 aliphatic carbocycles. The van der Waals surface area contributed by atoms with Crippen LogP contribution in [0.4, 0.5) is 0 Å². The average Bonchev–Trinajstić information content (AvgIpc) is 3.06. The molecule has 0 unspecified atom stereocenters. The smallest absolute Gasteiger partial charge is 0.0569 e. The first-order valence-electron chi connectivity index (χ1n) is 7.36. The van der Waals surface area contributed by atoms with Crippen LogP contribution in [-0.4, -0.2) is 10.1 Å². The molecule has 3 aromatic rings. The van der Waals surface area contributed by atoms with Crippen molar-refractivity contribution >= 4 is 22.2 Å². The lowest BCUT2D eigenvalue weighted by Gasteiger charge is -2.20. The molecule has 2 heterocycles. The van der Waals surface area contributed by atoms with Crippen LogP contribution in [0.1, 0.15) is 31.2 Å². The zero-order valence-corrected chi connectivity index (χ0v) is 13.7. The highest BCUT2D eigenvalue weighted by atomic mass is 32.1. The third-order valence-corrected chi connectivity index (χ3v) is 4.43. The van der Waals surface area contributed by atoms with Crippen LogP contribution in [0.3, 0.4) is 0 Å². The van der Waals surface area contributed by atoms with Gasteiger partial charge in [-0.2, -0.15) is 0 Å². The minimum Gasteiger partial charge on any atom is -0.342 e. The van der Waals surface area contributed by atoms with Crippen LogP contribution in [0.2, 0.25) is 0 Å². The fourth-order valence-electron chi connectivity index (χ4n) is 2.41. The van der Waals surface area contributed by atoms with Crippen molar-refractivity contribution in [1.82, 2.24) is 9.88 Å². The Balaban J connectivity index is 1.85. The lowest BCUT2D eigenvalue weighted by molar-refractivity contribution is 0.424. The molecule has 0 bridgehead atoms. The number of nitrogens with one attached hydrogen (secondary N) is 1. The number of fused-ring (bicyclic) bond motifs is 1. The summed E-state index contributed by atoms with van der Waals surface area (Å²) in [4.78, 5) is 1.39. The molecular formula is C18H22N2S. The molecule has 2 nitrogen and oxygen atoms in total. The van der Waals surface area contributed by atoms with Crippen LogP contribution in [-0.2, 0) is 13.1 Å². The monoisotopic (exact) mass is 298 g/mol. The summed E-state index contributed by atoms with van der Waals surface area (Å²) in [7, 11) is 0. The van der Waals surface area contributed by atoms with Crippen molar-refractivity contribution < 1.29 is 0 Å². The molecule has 2 aromatic heterocycles. The Labute approximate surface area is 130 Å². The van der Waals surface area contributed by atoms with Gasteiger partial charge in [0.05, 0.1) is 6.54 Å². The van der Waals surface area contributed by atoms with Crippen LogP contribution < -0.4 is 5.32 Å². The van der Waals surface area contributed by atoms with Gasteiger partial charge in [0.15, 0.2) is 0 Å². The number of benzene rings is 1. The molecular weight excluding hydrogens is 276 g/mol. The molecule has 110 valence electrons. The summed E-state index contributed by atoms with van der Waals surface area (Å²) in [6.07, 6.45) is 2.19. The molecule has 0 radical (unpaired) electrons. The zero-order valence-electron chi connectivity index (χ0n) is 12.9. The Morgan fingerprint density at radius 1 is 1.14 bits per heavy atom. The molecule has 0 fully saturated rings. The second-order valence-electron chi connectivity index (χ2n) is 6.52. The van der Waals surface area contributed by atoms with E-state index in [1.165, 1.54) is 21.3 Å². The number of thiophene rings is 1. The summed E-state index contributed by atoms with van der Waals surface area (Å²) < 4.78 is 2.34. The SMILES string of the molecule is CC(C)(C)NCc1ccc2ccn(Cc3cccs3)c2c1. The lowest BCUT2D eigenvalue weighted by Crippen LogP contribution is -2.35. The summed E-state index contributed by atoms with van der Waals surface area (Å²) >= 11 is 1.81. The van der Waals surface area contributed by atoms with E-state index < -0.39 is 0 Å². The first-order valence-corrected chi connectivity index (χ1v) is 8.24. The van der Waals surface area contributed by atoms with Gasteiger partial charge in [-0.05, 0) is 55.3 Å². The van der Waals surface area contributed by atoms with Gasteiger partial charge in [0, 0.05) is 28.7 Å². The molecule has 0 atom stereocenters. The van der Waals surface area contributed by atoms with E-state index in [4.69, 9.17) is 0 Å². The van der Waals surface area contributed by atoms with Gasteiger partial charge in [-0.25, -0.2) is 0 Å². The van der Waals surface area contributed by atoms with Crippen LogP contribution >= 0.6 is 11.3 Å². The summed E-state index contributed by atoms with van der Waals surface area (Å²) in [5, 5.41) is 7.00. The van der Waals surface area contributed by atoms with Crippen molar-refractivity contribution in [3.05, 3.63) is 58.4 Å². The molecule has 0 aliphatic rings. The second kappa shape index (κ2) is 5.66. The summed E-state index contributed by atoms with van der Waals surface area (Å²) in [5.74, 6) is 0. The fraction of sp³-hybridized carbons (Fsp3) is 0.333.